The van der Waals surface area contributed by atoms with E-state index in [1.807, 2.05) is 42.2 Å². The van der Waals surface area contributed by atoms with Crippen LogP contribution in [0.15, 0.2) is 48.5 Å². The number of ether oxygens (including phenoxy) is 2. The first kappa shape index (κ1) is 23.0. The standard InChI is InChI=1S/C25H30FN3O4/c1-2-21-17-29(25(31)33-21)20-8-9-23(22(26)16-20)27-11-13-28(14-12-27)24(30)10-15-32-18-19-6-4-3-5-7-19/h3-9,16,21H,2,10-15,17-18H2,1H3. The summed E-state index contributed by atoms with van der Waals surface area (Å²) >= 11 is 0. The molecule has 2 heterocycles. The predicted molar refractivity (Wildman–Crippen MR) is 124 cm³/mol. The fourth-order valence-electron chi connectivity index (χ4n) is 4.14. The lowest BCUT2D eigenvalue weighted by molar-refractivity contribution is -0.132. The third-order valence-electron chi connectivity index (χ3n) is 6.12. The minimum atomic E-state index is -0.436. The van der Waals surface area contributed by atoms with Crippen LogP contribution in [0, 0.1) is 5.82 Å². The van der Waals surface area contributed by atoms with Crippen LogP contribution in [-0.4, -0.2) is 62.3 Å². The normalized spacial score (nSPS) is 18.5. The number of carbonyl (C=O) groups excluding carboxylic acids is 2. The van der Waals surface area contributed by atoms with Gasteiger partial charge in [-0.15, -0.1) is 0 Å². The molecule has 0 N–H and O–H groups in total. The number of halogens is 1. The Bertz CT molecular complexity index is 963. The van der Waals surface area contributed by atoms with Crippen molar-refractivity contribution in [3.8, 4) is 0 Å². The maximum absolute atomic E-state index is 14.9. The monoisotopic (exact) mass is 455 g/mol. The lowest BCUT2D eigenvalue weighted by Crippen LogP contribution is -2.49. The molecule has 0 radical (unpaired) electrons. The average Bonchev–Trinajstić information content (AvgIpc) is 3.23. The summed E-state index contributed by atoms with van der Waals surface area (Å²) in [5, 5.41) is 0. The van der Waals surface area contributed by atoms with Crippen molar-refractivity contribution in [3.63, 3.8) is 0 Å². The van der Waals surface area contributed by atoms with Crippen molar-refractivity contribution in [2.24, 2.45) is 0 Å². The first-order valence-corrected chi connectivity index (χ1v) is 11.5. The molecule has 0 saturated carbocycles. The summed E-state index contributed by atoms with van der Waals surface area (Å²) in [6.07, 6.45) is 0.467. The Morgan fingerprint density at radius 2 is 1.88 bits per heavy atom. The molecule has 2 aromatic rings. The largest absolute Gasteiger partial charge is 0.444 e. The van der Waals surface area contributed by atoms with Crippen LogP contribution in [0.3, 0.4) is 0 Å². The minimum absolute atomic E-state index is 0.0524. The molecule has 2 saturated heterocycles. The highest BCUT2D eigenvalue weighted by Gasteiger charge is 2.32. The quantitative estimate of drug-likeness (QED) is 0.567. The van der Waals surface area contributed by atoms with Gasteiger partial charge in [-0.1, -0.05) is 37.3 Å². The average molecular weight is 456 g/mol. The molecular weight excluding hydrogens is 425 g/mol. The number of hydrogen-bond donors (Lipinski definition) is 0. The smallest absolute Gasteiger partial charge is 0.414 e. The SMILES string of the molecule is CCC1CN(c2ccc(N3CCN(C(=O)CCOCc4ccccc4)CC3)c(F)c2)C(=O)O1. The van der Waals surface area contributed by atoms with Gasteiger partial charge in [-0.25, -0.2) is 9.18 Å². The fraction of sp³-hybridized carbons (Fsp3) is 0.440. The van der Waals surface area contributed by atoms with Crippen molar-refractivity contribution in [2.75, 3.05) is 49.1 Å². The van der Waals surface area contributed by atoms with Crippen molar-refractivity contribution < 1.29 is 23.5 Å². The van der Waals surface area contributed by atoms with Gasteiger partial charge < -0.3 is 19.3 Å². The van der Waals surface area contributed by atoms with E-state index in [9.17, 15) is 14.0 Å². The zero-order valence-electron chi connectivity index (χ0n) is 18.9. The van der Waals surface area contributed by atoms with E-state index in [0.717, 1.165) is 12.0 Å². The molecule has 2 aromatic carbocycles. The van der Waals surface area contributed by atoms with Crippen LogP contribution in [0.25, 0.3) is 0 Å². The van der Waals surface area contributed by atoms with Gasteiger partial charge >= 0.3 is 6.09 Å². The first-order chi connectivity index (χ1) is 16.0. The van der Waals surface area contributed by atoms with Gasteiger partial charge in [0, 0.05) is 26.2 Å². The predicted octanol–water partition coefficient (Wildman–Crippen LogP) is 3.82. The van der Waals surface area contributed by atoms with Crippen LogP contribution >= 0.6 is 0 Å². The molecule has 1 unspecified atom stereocenters. The Kier molecular flexibility index (Phi) is 7.44. The van der Waals surface area contributed by atoms with E-state index in [1.165, 1.54) is 11.0 Å². The lowest BCUT2D eigenvalue weighted by atomic mass is 10.2. The number of rotatable bonds is 8. The van der Waals surface area contributed by atoms with Gasteiger partial charge in [0.1, 0.15) is 11.9 Å². The second-order valence-corrected chi connectivity index (χ2v) is 8.32. The van der Waals surface area contributed by atoms with Gasteiger partial charge in [0.25, 0.3) is 0 Å². The molecule has 8 heteroatoms. The van der Waals surface area contributed by atoms with Crippen molar-refractivity contribution >= 4 is 23.4 Å². The summed E-state index contributed by atoms with van der Waals surface area (Å²) < 4.78 is 25.8. The molecule has 0 aliphatic carbocycles. The van der Waals surface area contributed by atoms with Crippen LogP contribution in [-0.2, 0) is 20.9 Å². The summed E-state index contributed by atoms with van der Waals surface area (Å²) in [5.41, 5.74) is 2.07. The first-order valence-electron chi connectivity index (χ1n) is 11.5. The molecule has 7 nitrogen and oxygen atoms in total. The topological polar surface area (TPSA) is 62.3 Å². The van der Waals surface area contributed by atoms with E-state index in [0.29, 0.717) is 63.7 Å². The third-order valence-corrected chi connectivity index (χ3v) is 6.12. The van der Waals surface area contributed by atoms with Gasteiger partial charge in [0.15, 0.2) is 0 Å². The molecule has 176 valence electrons. The Balaban J connectivity index is 1.24. The molecule has 2 amide bonds. The molecule has 1 atom stereocenters. The van der Waals surface area contributed by atoms with Crippen LogP contribution in [0.5, 0.6) is 0 Å². The lowest BCUT2D eigenvalue weighted by Gasteiger charge is -2.36. The Labute approximate surface area is 193 Å². The molecule has 0 aromatic heterocycles. The number of benzene rings is 2. The maximum Gasteiger partial charge on any atom is 0.414 e. The van der Waals surface area contributed by atoms with E-state index in [4.69, 9.17) is 9.47 Å². The van der Waals surface area contributed by atoms with E-state index >= 15 is 0 Å². The summed E-state index contributed by atoms with van der Waals surface area (Å²) in [4.78, 5) is 29.7. The van der Waals surface area contributed by atoms with Crippen LogP contribution in [0.2, 0.25) is 0 Å². The van der Waals surface area contributed by atoms with Crippen LogP contribution in [0.4, 0.5) is 20.6 Å². The molecule has 4 rings (SSSR count). The third kappa shape index (κ3) is 5.63. The number of amides is 2. The fourth-order valence-corrected chi connectivity index (χ4v) is 4.14. The summed E-state index contributed by atoms with van der Waals surface area (Å²) in [7, 11) is 0. The van der Waals surface area contributed by atoms with Gasteiger partial charge in [-0.05, 0) is 30.2 Å². The molecule has 33 heavy (non-hydrogen) atoms. The van der Waals surface area contributed by atoms with Crippen molar-refractivity contribution in [2.45, 2.75) is 32.5 Å². The zero-order valence-corrected chi connectivity index (χ0v) is 18.9. The number of anilines is 2. The van der Waals surface area contributed by atoms with Gasteiger partial charge in [-0.3, -0.25) is 9.69 Å². The molecule has 2 fully saturated rings. The van der Waals surface area contributed by atoms with Crippen molar-refractivity contribution in [1.82, 2.24) is 4.90 Å². The number of hydrogen-bond acceptors (Lipinski definition) is 5. The Morgan fingerprint density at radius 1 is 1.12 bits per heavy atom. The molecule has 0 bridgehead atoms. The number of cyclic esters (lactones) is 1. The Hall–Kier alpha value is -3.13. The van der Waals surface area contributed by atoms with Crippen molar-refractivity contribution in [1.29, 1.82) is 0 Å². The second-order valence-electron chi connectivity index (χ2n) is 8.32. The van der Waals surface area contributed by atoms with E-state index in [1.54, 1.807) is 17.0 Å². The van der Waals surface area contributed by atoms with E-state index < -0.39 is 6.09 Å². The molecular formula is C25H30FN3O4. The van der Waals surface area contributed by atoms with E-state index in [-0.39, 0.29) is 17.8 Å². The van der Waals surface area contributed by atoms with Gasteiger partial charge in [0.05, 0.1) is 37.6 Å². The van der Waals surface area contributed by atoms with Crippen LogP contribution in [0.1, 0.15) is 25.3 Å². The number of piperazine rings is 1. The highest BCUT2D eigenvalue weighted by molar-refractivity contribution is 5.90. The summed E-state index contributed by atoms with van der Waals surface area (Å²) in [6.45, 7) is 5.43. The molecule has 2 aliphatic rings. The van der Waals surface area contributed by atoms with Gasteiger partial charge in [-0.2, -0.15) is 0 Å². The zero-order chi connectivity index (χ0) is 23.2. The minimum Gasteiger partial charge on any atom is -0.444 e. The Morgan fingerprint density at radius 3 is 2.55 bits per heavy atom. The van der Waals surface area contributed by atoms with Gasteiger partial charge in [0.2, 0.25) is 5.91 Å². The molecule has 2 aliphatic heterocycles. The highest BCUT2D eigenvalue weighted by atomic mass is 19.1. The summed E-state index contributed by atoms with van der Waals surface area (Å²) in [6, 6.07) is 14.7. The van der Waals surface area contributed by atoms with Crippen molar-refractivity contribution in [3.05, 3.63) is 59.9 Å². The maximum atomic E-state index is 14.9. The summed E-state index contributed by atoms with van der Waals surface area (Å²) in [5.74, 6) is -0.328. The molecule has 0 spiro atoms. The number of carbonyl (C=O) groups is 2. The second kappa shape index (κ2) is 10.7. The van der Waals surface area contributed by atoms with E-state index in [2.05, 4.69) is 0 Å². The van der Waals surface area contributed by atoms with Crippen LogP contribution < -0.4 is 9.80 Å². The number of nitrogens with zero attached hydrogens (tertiary/aromatic N) is 3. The highest BCUT2D eigenvalue weighted by Crippen LogP contribution is 2.29.